The van der Waals surface area contributed by atoms with Crippen molar-refractivity contribution in [1.29, 1.82) is 0 Å². The van der Waals surface area contributed by atoms with Crippen LogP contribution in [0.3, 0.4) is 0 Å². The van der Waals surface area contributed by atoms with Crippen LogP contribution < -0.4 is 10.6 Å². The van der Waals surface area contributed by atoms with Crippen LogP contribution >= 0.6 is 0 Å². The molecule has 0 aromatic heterocycles. The summed E-state index contributed by atoms with van der Waals surface area (Å²) in [5, 5.41) is 15.0. The van der Waals surface area contributed by atoms with E-state index in [9.17, 15) is 4.79 Å². The molecule has 1 aromatic rings. The van der Waals surface area contributed by atoms with Gasteiger partial charge in [0.1, 0.15) is 0 Å². The first-order chi connectivity index (χ1) is 8.28. The Morgan fingerprint density at radius 1 is 1.35 bits per heavy atom. The summed E-state index contributed by atoms with van der Waals surface area (Å²) in [7, 11) is 0. The van der Waals surface area contributed by atoms with Gasteiger partial charge in [-0.2, -0.15) is 0 Å². The number of benzene rings is 1. The number of hydrogen-bond donors (Lipinski definition) is 3. The molecular formula is C13H18N2O2. The molecule has 1 saturated carbocycles. The van der Waals surface area contributed by atoms with E-state index < -0.39 is 0 Å². The van der Waals surface area contributed by atoms with Crippen LogP contribution in [0.25, 0.3) is 0 Å². The molecule has 1 aromatic carbocycles. The van der Waals surface area contributed by atoms with Crippen LogP contribution in [-0.4, -0.2) is 23.6 Å². The number of aliphatic hydroxyl groups excluding tert-OH is 1. The van der Waals surface area contributed by atoms with Crippen molar-refractivity contribution in [2.24, 2.45) is 0 Å². The Balaban J connectivity index is 1.71. The van der Waals surface area contributed by atoms with E-state index in [1.54, 1.807) is 0 Å². The lowest BCUT2D eigenvalue weighted by molar-refractivity contribution is -0.120. The van der Waals surface area contributed by atoms with Gasteiger partial charge < -0.3 is 15.7 Å². The zero-order chi connectivity index (χ0) is 12.1. The van der Waals surface area contributed by atoms with E-state index in [1.165, 1.54) is 0 Å². The van der Waals surface area contributed by atoms with Crippen LogP contribution in [0.2, 0.25) is 0 Å². The average Bonchev–Trinajstić information content (AvgIpc) is 3.13. The molecular weight excluding hydrogens is 216 g/mol. The molecule has 1 aliphatic rings. The van der Waals surface area contributed by atoms with Crippen molar-refractivity contribution >= 4 is 5.91 Å². The Bertz CT molecular complexity index is 389. The lowest BCUT2D eigenvalue weighted by atomic mass is 10.1. The predicted octanol–water partition coefficient (Wildman–Crippen LogP) is 0.547. The van der Waals surface area contributed by atoms with Gasteiger partial charge in [0.2, 0.25) is 5.91 Å². The summed E-state index contributed by atoms with van der Waals surface area (Å²) in [6, 6.07) is 8.12. The molecule has 4 nitrogen and oxygen atoms in total. The molecule has 92 valence electrons. The van der Waals surface area contributed by atoms with Crippen molar-refractivity contribution in [3.05, 3.63) is 35.4 Å². The zero-order valence-electron chi connectivity index (χ0n) is 9.78. The first kappa shape index (κ1) is 12.1. The minimum Gasteiger partial charge on any atom is -0.392 e. The number of rotatable bonds is 6. The molecule has 0 bridgehead atoms. The maximum Gasteiger partial charge on any atom is 0.234 e. The second kappa shape index (κ2) is 5.80. The van der Waals surface area contributed by atoms with Crippen molar-refractivity contribution in [2.75, 3.05) is 6.54 Å². The van der Waals surface area contributed by atoms with Gasteiger partial charge in [0.05, 0.1) is 13.2 Å². The number of hydrogen-bond acceptors (Lipinski definition) is 3. The maximum atomic E-state index is 11.4. The highest BCUT2D eigenvalue weighted by Crippen LogP contribution is 2.18. The minimum atomic E-state index is 0.0516. The van der Waals surface area contributed by atoms with Gasteiger partial charge in [0.25, 0.3) is 0 Å². The summed E-state index contributed by atoms with van der Waals surface area (Å²) in [5.41, 5.74) is 1.97. The third kappa shape index (κ3) is 4.17. The van der Waals surface area contributed by atoms with Crippen molar-refractivity contribution in [3.8, 4) is 0 Å². The lowest BCUT2D eigenvalue weighted by Crippen LogP contribution is -2.34. The van der Waals surface area contributed by atoms with Gasteiger partial charge in [-0.15, -0.1) is 0 Å². The SMILES string of the molecule is O=C(CNCc1cccc(CO)c1)NC1CC1. The van der Waals surface area contributed by atoms with Gasteiger partial charge in [-0.25, -0.2) is 0 Å². The molecule has 0 spiro atoms. The largest absolute Gasteiger partial charge is 0.392 e. The monoisotopic (exact) mass is 234 g/mol. The molecule has 0 heterocycles. The normalized spacial score (nSPS) is 14.6. The molecule has 17 heavy (non-hydrogen) atoms. The third-order valence-electron chi connectivity index (χ3n) is 2.73. The maximum absolute atomic E-state index is 11.4. The van der Waals surface area contributed by atoms with Gasteiger partial charge in [0, 0.05) is 12.6 Å². The van der Waals surface area contributed by atoms with Crippen molar-refractivity contribution < 1.29 is 9.90 Å². The summed E-state index contributed by atoms with van der Waals surface area (Å²) in [4.78, 5) is 11.4. The van der Waals surface area contributed by atoms with Crippen molar-refractivity contribution in [3.63, 3.8) is 0 Å². The Morgan fingerprint density at radius 3 is 2.82 bits per heavy atom. The molecule has 0 atom stereocenters. The summed E-state index contributed by atoms with van der Waals surface area (Å²) in [5.74, 6) is 0.0609. The van der Waals surface area contributed by atoms with Gasteiger partial charge >= 0.3 is 0 Å². The number of carbonyl (C=O) groups is 1. The lowest BCUT2D eigenvalue weighted by Gasteiger charge is -2.06. The summed E-state index contributed by atoms with van der Waals surface area (Å²) >= 11 is 0. The number of nitrogens with one attached hydrogen (secondary N) is 2. The number of carbonyl (C=O) groups excluding carboxylic acids is 1. The molecule has 1 fully saturated rings. The molecule has 0 radical (unpaired) electrons. The highest BCUT2D eigenvalue weighted by molar-refractivity contribution is 5.78. The van der Waals surface area contributed by atoms with E-state index in [2.05, 4.69) is 10.6 Å². The number of aliphatic hydroxyl groups is 1. The van der Waals surface area contributed by atoms with Crippen LogP contribution in [0, 0.1) is 0 Å². The first-order valence-electron chi connectivity index (χ1n) is 5.96. The van der Waals surface area contributed by atoms with Gasteiger partial charge in [-0.1, -0.05) is 24.3 Å². The van der Waals surface area contributed by atoms with E-state index in [0.717, 1.165) is 24.0 Å². The van der Waals surface area contributed by atoms with E-state index in [4.69, 9.17) is 5.11 Å². The Morgan fingerprint density at radius 2 is 2.12 bits per heavy atom. The quantitative estimate of drug-likeness (QED) is 0.673. The van der Waals surface area contributed by atoms with Crippen molar-refractivity contribution in [1.82, 2.24) is 10.6 Å². The van der Waals surface area contributed by atoms with Crippen LogP contribution in [0.5, 0.6) is 0 Å². The van der Waals surface area contributed by atoms with Crippen LogP contribution in [0.1, 0.15) is 24.0 Å². The second-order valence-corrected chi connectivity index (χ2v) is 4.42. The fourth-order valence-corrected chi connectivity index (χ4v) is 1.66. The molecule has 3 N–H and O–H groups in total. The van der Waals surface area contributed by atoms with Crippen molar-refractivity contribution in [2.45, 2.75) is 32.0 Å². The third-order valence-corrected chi connectivity index (χ3v) is 2.73. The van der Waals surface area contributed by atoms with Gasteiger partial charge in [0.15, 0.2) is 0 Å². The fourth-order valence-electron chi connectivity index (χ4n) is 1.66. The molecule has 2 rings (SSSR count). The highest BCUT2D eigenvalue weighted by atomic mass is 16.3. The minimum absolute atomic E-state index is 0.0516. The van der Waals surface area contributed by atoms with Crippen LogP contribution in [-0.2, 0) is 17.9 Å². The molecule has 0 saturated heterocycles. The van der Waals surface area contributed by atoms with E-state index >= 15 is 0 Å². The molecule has 0 aliphatic heterocycles. The Kier molecular flexibility index (Phi) is 4.12. The van der Waals surface area contributed by atoms with Gasteiger partial charge in [-0.3, -0.25) is 4.79 Å². The molecule has 0 unspecified atom stereocenters. The van der Waals surface area contributed by atoms with E-state index in [-0.39, 0.29) is 12.5 Å². The fraction of sp³-hybridized carbons (Fsp3) is 0.462. The molecule has 1 amide bonds. The summed E-state index contributed by atoms with van der Waals surface area (Å²) in [6.07, 6.45) is 2.23. The zero-order valence-corrected chi connectivity index (χ0v) is 9.78. The molecule has 1 aliphatic carbocycles. The van der Waals surface area contributed by atoms with E-state index in [0.29, 0.717) is 19.1 Å². The summed E-state index contributed by atoms with van der Waals surface area (Å²) < 4.78 is 0. The highest BCUT2D eigenvalue weighted by Gasteiger charge is 2.22. The average molecular weight is 234 g/mol. The molecule has 4 heteroatoms. The van der Waals surface area contributed by atoms with E-state index in [1.807, 2.05) is 24.3 Å². The topological polar surface area (TPSA) is 61.4 Å². The number of amides is 1. The Labute approximate surface area is 101 Å². The standard InChI is InChI=1S/C13H18N2O2/c16-9-11-3-1-2-10(6-11)7-14-8-13(17)15-12-4-5-12/h1-3,6,12,14,16H,4-5,7-9H2,(H,15,17). The van der Waals surface area contributed by atoms with Crippen LogP contribution in [0.15, 0.2) is 24.3 Å². The second-order valence-electron chi connectivity index (χ2n) is 4.42. The summed E-state index contributed by atoms with van der Waals surface area (Å²) in [6.45, 7) is 1.04. The predicted molar refractivity (Wildman–Crippen MR) is 65.2 cm³/mol. The van der Waals surface area contributed by atoms with Gasteiger partial charge in [-0.05, 0) is 24.0 Å². The smallest absolute Gasteiger partial charge is 0.234 e. The first-order valence-corrected chi connectivity index (χ1v) is 5.96. The van der Waals surface area contributed by atoms with Crippen LogP contribution in [0.4, 0.5) is 0 Å². The Hall–Kier alpha value is -1.39.